The van der Waals surface area contributed by atoms with E-state index in [0.29, 0.717) is 5.46 Å². The highest BCUT2D eigenvalue weighted by atomic mass is 16.7. The summed E-state index contributed by atoms with van der Waals surface area (Å²) in [5, 5.41) is 0. The van der Waals surface area contributed by atoms with Crippen LogP contribution in [0, 0.1) is 0 Å². The zero-order valence-electron chi connectivity index (χ0n) is 15.2. The van der Waals surface area contributed by atoms with Gasteiger partial charge in [-0.3, -0.25) is 4.98 Å². The van der Waals surface area contributed by atoms with Gasteiger partial charge in [-0.2, -0.15) is 0 Å². The number of carbonyl (C=O) groups is 2. The molecule has 1 saturated heterocycles. The van der Waals surface area contributed by atoms with Crippen LogP contribution < -0.4 is 5.46 Å². The Morgan fingerprint density at radius 3 is 2.22 bits per heavy atom. The summed E-state index contributed by atoms with van der Waals surface area (Å²) in [6, 6.07) is 13.0. The Bertz CT molecular complexity index is 774. The maximum Gasteiger partial charge on any atom is 0.495 e. The highest BCUT2D eigenvalue weighted by Gasteiger charge is 2.49. The number of ether oxygens (including phenoxy) is 2. The van der Waals surface area contributed by atoms with Crippen LogP contribution in [0.3, 0.4) is 0 Å². The van der Waals surface area contributed by atoms with Crippen LogP contribution in [-0.2, 0) is 28.4 Å². The summed E-state index contributed by atoms with van der Waals surface area (Å²) in [7, 11) is -0.891. The van der Waals surface area contributed by atoms with Crippen LogP contribution in [0.25, 0.3) is 11.3 Å². The fourth-order valence-corrected chi connectivity index (χ4v) is 2.78. The van der Waals surface area contributed by atoms with Crippen LogP contribution in [-0.4, -0.2) is 49.5 Å². The van der Waals surface area contributed by atoms with E-state index in [4.69, 9.17) is 18.8 Å². The van der Waals surface area contributed by atoms with Crippen LogP contribution >= 0.6 is 0 Å². The van der Waals surface area contributed by atoms with Crippen molar-refractivity contribution in [3.05, 3.63) is 48.7 Å². The number of pyridine rings is 1. The zero-order chi connectivity index (χ0) is 19.2. The molecule has 2 atom stereocenters. The van der Waals surface area contributed by atoms with E-state index in [1.54, 1.807) is 26.1 Å². The second kappa shape index (κ2) is 8.79. The summed E-state index contributed by atoms with van der Waals surface area (Å²) < 4.78 is 21.4. The van der Waals surface area contributed by atoms with Crippen molar-refractivity contribution in [2.24, 2.45) is 0 Å². The van der Waals surface area contributed by atoms with Gasteiger partial charge in [0, 0.05) is 6.20 Å². The van der Waals surface area contributed by atoms with Crippen molar-refractivity contribution in [1.82, 2.24) is 4.98 Å². The summed E-state index contributed by atoms with van der Waals surface area (Å²) in [5.74, 6) is -1.31. The van der Waals surface area contributed by atoms with E-state index in [1.165, 1.54) is 0 Å². The monoisotopic (exact) mass is 369 g/mol. The third-order valence-electron chi connectivity index (χ3n) is 3.97. The van der Waals surface area contributed by atoms with Gasteiger partial charge in [0.2, 0.25) is 0 Å². The van der Waals surface area contributed by atoms with Crippen LogP contribution in [0.15, 0.2) is 48.7 Å². The zero-order valence-corrected chi connectivity index (χ0v) is 15.2. The smallest absolute Gasteiger partial charge is 0.464 e. The molecule has 0 aliphatic carbocycles. The van der Waals surface area contributed by atoms with Crippen molar-refractivity contribution < 1.29 is 28.4 Å². The molecule has 2 heterocycles. The molecule has 7 nitrogen and oxygen atoms in total. The molecule has 140 valence electrons. The SMILES string of the molecule is CCOC(=O)[C@H]1OB(c2cccc(-c3ccccn3)c2)O[C@@H]1C(=O)OCC. The first-order chi connectivity index (χ1) is 13.1. The largest absolute Gasteiger partial charge is 0.495 e. The predicted molar refractivity (Wildman–Crippen MR) is 98.1 cm³/mol. The number of hydrogen-bond acceptors (Lipinski definition) is 7. The topological polar surface area (TPSA) is 84.0 Å². The lowest BCUT2D eigenvalue weighted by molar-refractivity contribution is -0.163. The average molecular weight is 369 g/mol. The first kappa shape index (κ1) is 19.1. The molecule has 0 saturated carbocycles. The number of hydrogen-bond donors (Lipinski definition) is 0. The van der Waals surface area contributed by atoms with Crippen LogP contribution in [0.1, 0.15) is 13.8 Å². The van der Waals surface area contributed by atoms with Crippen molar-refractivity contribution in [3.8, 4) is 11.3 Å². The maximum atomic E-state index is 12.2. The second-order valence-corrected chi connectivity index (χ2v) is 5.79. The molecule has 27 heavy (non-hydrogen) atoms. The molecule has 0 N–H and O–H groups in total. The fourth-order valence-electron chi connectivity index (χ4n) is 2.78. The van der Waals surface area contributed by atoms with Gasteiger partial charge in [0.15, 0.2) is 12.2 Å². The van der Waals surface area contributed by atoms with E-state index in [-0.39, 0.29) is 13.2 Å². The molecule has 1 aliphatic heterocycles. The molecular formula is C19H20BNO6. The van der Waals surface area contributed by atoms with E-state index < -0.39 is 31.3 Å². The number of benzene rings is 1. The molecule has 1 aliphatic rings. The third kappa shape index (κ3) is 4.35. The molecule has 0 amide bonds. The number of rotatable bonds is 6. The molecule has 0 radical (unpaired) electrons. The Morgan fingerprint density at radius 1 is 1.00 bits per heavy atom. The molecule has 3 rings (SSSR count). The number of esters is 2. The van der Waals surface area contributed by atoms with Gasteiger partial charge in [-0.15, -0.1) is 0 Å². The summed E-state index contributed by atoms with van der Waals surface area (Å²) in [5.41, 5.74) is 2.33. The Kier molecular flexibility index (Phi) is 6.21. The number of aromatic nitrogens is 1. The lowest BCUT2D eigenvalue weighted by Gasteiger charge is -2.15. The van der Waals surface area contributed by atoms with Crippen molar-refractivity contribution in [2.45, 2.75) is 26.1 Å². The van der Waals surface area contributed by atoms with Gasteiger partial charge in [-0.1, -0.05) is 30.3 Å². The van der Waals surface area contributed by atoms with Gasteiger partial charge in [0.25, 0.3) is 0 Å². The molecule has 0 bridgehead atoms. The van der Waals surface area contributed by atoms with Crippen molar-refractivity contribution >= 4 is 24.5 Å². The highest BCUT2D eigenvalue weighted by molar-refractivity contribution is 6.62. The predicted octanol–water partition coefficient (Wildman–Crippen LogP) is 1.35. The summed E-state index contributed by atoms with van der Waals surface area (Å²) in [6.07, 6.45) is -0.641. The van der Waals surface area contributed by atoms with Crippen LogP contribution in [0.4, 0.5) is 0 Å². The van der Waals surface area contributed by atoms with Crippen LogP contribution in [0.2, 0.25) is 0 Å². The lowest BCUT2D eigenvalue weighted by Crippen LogP contribution is -2.39. The molecule has 2 aromatic rings. The van der Waals surface area contributed by atoms with E-state index >= 15 is 0 Å². The van der Waals surface area contributed by atoms with Gasteiger partial charge in [-0.25, -0.2) is 9.59 Å². The molecule has 0 unspecified atom stereocenters. The van der Waals surface area contributed by atoms with Gasteiger partial charge < -0.3 is 18.8 Å². The van der Waals surface area contributed by atoms with Crippen molar-refractivity contribution in [1.29, 1.82) is 0 Å². The molecule has 0 spiro atoms. The van der Waals surface area contributed by atoms with E-state index in [1.807, 2.05) is 36.4 Å². The van der Waals surface area contributed by atoms with E-state index in [9.17, 15) is 9.59 Å². The first-order valence-electron chi connectivity index (χ1n) is 8.79. The Hall–Kier alpha value is -2.71. The van der Waals surface area contributed by atoms with Gasteiger partial charge in [0.1, 0.15) is 0 Å². The molecule has 1 aromatic carbocycles. The summed E-state index contributed by atoms with van der Waals surface area (Å²) >= 11 is 0. The number of carbonyl (C=O) groups excluding carboxylic acids is 2. The minimum Gasteiger partial charge on any atom is -0.464 e. The average Bonchev–Trinajstić information content (AvgIpc) is 3.15. The highest BCUT2D eigenvalue weighted by Crippen LogP contribution is 2.21. The molecular weight excluding hydrogens is 349 g/mol. The normalized spacial score (nSPS) is 19.0. The standard InChI is InChI=1S/C19H20BNO6/c1-3-24-18(22)16-17(19(23)25-4-2)27-20(26-16)14-9-7-8-13(12-14)15-10-5-6-11-21-15/h5-12,16-17H,3-4H2,1-2H3/t16-,17-/m0/s1. The summed E-state index contributed by atoms with van der Waals surface area (Å²) in [4.78, 5) is 28.7. The minimum absolute atomic E-state index is 0.175. The summed E-state index contributed by atoms with van der Waals surface area (Å²) in [6.45, 7) is 3.71. The van der Waals surface area contributed by atoms with E-state index in [2.05, 4.69) is 4.98 Å². The van der Waals surface area contributed by atoms with Crippen molar-refractivity contribution in [2.75, 3.05) is 13.2 Å². The Morgan fingerprint density at radius 2 is 1.67 bits per heavy atom. The Balaban J connectivity index is 1.84. The third-order valence-corrected chi connectivity index (χ3v) is 3.97. The van der Waals surface area contributed by atoms with Gasteiger partial charge in [-0.05, 0) is 37.0 Å². The van der Waals surface area contributed by atoms with E-state index in [0.717, 1.165) is 11.3 Å². The lowest BCUT2D eigenvalue weighted by atomic mass is 9.78. The van der Waals surface area contributed by atoms with Gasteiger partial charge >= 0.3 is 19.1 Å². The van der Waals surface area contributed by atoms with Gasteiger partial charge in [0.05, 0.1) is 18.9 Å². The maximum absolute atomic E-state index is 12.2. The first-order valence-corrected chi connectivity index (χ1v) is 8.79. The molecule has 1 fully saturated rings. The molecule has 8 heteroatoms. The quantitative estimate of drug-likeness (QED) is 0.562. The minimum atomic E-state index is -1.17. The Labute approximate surface area is 157 Å². The number of nitrogens with zero attached hydrogens (tertiary/aromatic N) is 1. The molecule has 1 aromatic heterocycles. The van der Waals surface area contributed by atoms with Crippen molar-refractivity contribution in [3.63, 3.8) is 0 Å². The van der Waals surface area contributed by atoms with Crippen LogP contribution in [0.5, 0.6) is 0 Å². The second-order valence-electron chi connectivity index (χ2n) is 5.79. The fraction of sp³-hybridized carbons (Fsp3) is 0.316.